The molecule has 0 spiro atoms. The molecule has 5 heteroatoms. The van der Waals surface area contributed by atoms with E-state index in [1.165, 1.54) is 0 Å². The van der Waals surface area contributed by atoms with Crippen molar-refractivity contribution in [3.8, 4) is 0 Å². The van der Waals surface area contributed by atoms with E-state index in [1.54, 1.807) is 5.01 Å². The number of hydrazone groups is 1. The van der Waals surface area contributed by atoms with E-state index in [4.69, 9.17) is 23.2 Å². The molecule has 0 saturated carbocycles. The Kier molecular flexibility index (Phi) is 5.57. The fraction of sp³-hybridized carbons (Fsp3) is 0.200. The molecule has 0 N–H and O–H groups in total. The van der Waals surface area contributed by atoms with E-state index in [2.05, 4.69) is 5.10 Å². The summed E-state index contributed by atoms with van der Waals surface area (Å²) in [5.41, 5.74) is 2.66. The van der Waals surface area contributed by atoms with Gasteiger partial charge in [-0.3, -0.25) is 4.79 Å². The Bertz CT molecular complexity index is 845. The van der Waals surface area contributed by atoms with Crippen LogP contribution in [0.25, 0.3) is 6.08 Å². The molecule has 1 aliphatic rings. The minimum absolute atomic E-state index is 0.0222. The van der Waals surface area contributed by atoms with Gasteiger partial charge in [-0.05, 0) is 29.3 Å². The highest BCUT2D eigenvalue weighted by Crippen LogP contribution is 2.35. The van der Waals surface area contributed by atoms with Gasteiger partial charge < -0.3 is 0 Å². The van der Waals surface area contributed by atoms with E-state index in [-0.39, 0.29) is 11.9 Å². The number of rotatable bonds is 4. The molecule has 2 aromatic carbocycles. The molecule has 1 unspecified atom stereocenters. The summed E-state index contributed by atoms with van der Waals surface area (Å²) in [6.07, 6.45) is 4.85. The summed E-state index contributed by atoms with van der Waals surface area (Å²) in [6.45, 7) is 1.83. The van der Waals surface area contributed by atoms with Crippen molar-refractivity contribution >= 4 is 40.9 Å². The number of allylic oxidation sites excluding steroid dienone is 1. The lowest BCUT2D eigenvalue weighted by Gasteiger charge is -2.22. The van der Waals surface area contributed by atoms with Crippen molar-refractivity contribution in [2.75, 3.05) is 0 Å². The monoisotopic (exact) mass is 372 g/mol. The summed E-state index contributed by atoms with van der Waals surface area (Å²) in [5.74, 6) is -0.0222. The van der Waals surface area contributed by atoms with Crippen LogP contribution in [0.5, 0.6) is 0 Å². The lowest BCUT2D eigenvalue weighted by atomic mass is 10.0. The van der Waals surface area contributed by atoms with E-state index in [0.29, 0.717) is 22.9 Å². The Morgan fingerprint density at radius 2 is 1.80 bits per heavy atom. The van der Waals surface area contributed by atoms with Crippen LogP contribution in [-0.2, 0) is 4.79 Å². The van der Waals surface area contributed by atoms with Crippen molar-refractivity contribution in [3.05, 3.63) is 75.8 Å². The number of hydrogen-bond donors (Lipinski definition) is 0. The second-order valence-corrected chi connectivity index (χ2v) is 6.59. The SMILES string of the molecule is CCC(=O)N1N=C(/C=C/c2ccccc2Cl)CC1c1ccccc1Cl. The van der Waals surface area contributed by atoms with Gasteiger partial charge in [-0.25, -0.2) is 5.01 Å². The zero-order valence-corrected chi connectivity index (χ0v) is 15.3. The molecule has 1 heterocycles. The van der Waals surface area contributed by atoms with Gasteiger partial charge in [-0.1, -0.05) is 72.6 Å². The average molecular weight is 373 g/mol. The maximum absolute atomic E-state index is 12.3. The zero-order chi connectivity index (χ0) is 17.8. The van der Waals surface area contributed by atoms with Crippen LogP contribution >= 0.6 is 23.2 Å². The summed E-state index contributed by atoms with van der Waals surface area (Å²) in [6, 6.07) is 15.0. The first-order valence-corrected chi connectivity index (χ1v) is 8.92. The highest BCUT2D eigenvalue weighted by Gasteiger charge is 2.31. The second kappa shape index (κ2) is 7.85. The normalized spacial score (nSPS) is 17.2. The van der Waals surface area contributed by atoms with Gasteiger partial charge >= 0.3 is 0 Å². The van der Waals surface area contributed by atoms with Crippen molar-refractivity contribution in [3.63, 3.8) is 0 Å². The average Bonchev–Trinajstić information content (AvgIpc) is 3.05. The molecule has 3 rings (SSSR count). The van der Waals surface area contributed by atoms with Crippen molar-refractivity contribution in [1.82, 2.24) is 5.01 Å². The lowest BCUT2D eigenvalue weighted by Crippen LogP contribution is -2.26. The maximum atomic E-state index is 12.3. The van der Waals surface area contributed by atoms with Crippen LogP contribution in [-0.4, -0.2) is 16.6 Å². The summed E-state index contributed by atoms with van der Waals surface area (Å²) >= 11 is 12.5. The molecular weight excluding hydrogens is 355 g/mol. The fourth-order valence-electron chi connectivity index (χ4n) is 2.81. The molecule has 0 bridgehead atoms. The predicted molar refractivity (Wildman–Crippen MR) is 104 cm³/mol. The smallest absolute Gasteiger partial charge is 0.242 e. The third-order valence-electron chi connectivity index (χ3n) is 4.12. The van der Waals surface area contributed by atoms with Crippen molar-refractivity contribution in [1.29, 1.82) is 0 Å². The minimum atomic E-state index is -0.174. The summed E-state index contributed by atoms with van der Waals surface area (Å²) < 4.78 is 0. The summed E-state index contributed by atoms with van der Waals surface area (Å²) in [4.78, 5) is 12.3. The van der Waals surface area contributed by atoms with Crippen molar-refractivity contribution in [2.24, 2.45) is 5.10 Å². The number of benzene rings is 2. The van der Waals surface area contributed by atoms with Gasteiger partial charge in [0.15, 0.2) is 0 Å². The van der Waals surface area contributed by atoms with Crippen LogP contribution in [0.15, 0.2) is 59.7 Å². The summed E-state index contributed by atoms with van der Waals surface area (Å²) in [5, 5.41) is 7.39. The molecule has 0 radical (unpaired) electrons. The first-order valence-electron chi connectivity index (χ1n) is 8.16. The van der Waals surface area contributed by atoms with Crippen LogP contribution in [0.3, 0.4) is 0 Å². The van der Waals surface area contributed by atoms with Crippen LogP contribution < -0.4 is 0 Å². The molecule has 3 nitrogen and oxygen atoms in total. The van der Waals surface area contributed by atoms with Gasteiger partial charge in [0.25, 0.3) is 0 Å². The van der Waals surface area contributed by atoms with E-state index < -0.39 is 0 Å². The van der Waals surface area contributed by atoms with Gasteiger partial charge in [-0.15, -0.1) is 0 Å². The Morgan fingerprint density at radius 3 is 2.48 bits per heavy atom. The molecule has 1 amide bonds. The van der Waals surface area contributed by atoms with E-state index in [0.717, 1.165) is 16.8 Å². The first kappa shape index (κ1) is 17.7. The highest BCUT2D eigenvalue weighted by molar-refractivity contribution is 6.32. The van der Waals surface area contributed by atoms with Crippen LogP contribution in [0.2, 0.25) is 10.0 Å². The fourth-order valence-corrected chi connectivity index (χ4v) is 3.27. The first-order chi connectivity index (χ1) is 12.1. The highest BCUT2D eigenvalue weighted by atomic mass is 35.5. The van der Waals surface area contributed by atoms with Gasteiger partial charge in [0.2, 0.25) is 5.91 Å². The minimum Gasteiger partial charge on any atom is -0.273 e. The standard InChI is InChI=1S/C20H18Cl2N2O/c1-2-20(25)24-19(16-8-4-6-10-18(16)22)13-15(23-24)12-11-14-7-3-5-9-17(14)21/h3-12,19H,2,13H2,1H3/b12-11+. The number of amides is 1. The molecule has 0 aromatic heterocycles. The van der Waals surface area contributed by atoms with E-state index in [1.807, 2.05) is 67.6 Å². The largest absolute Gasteiger partial charge is 0.273 e. The Morgan fingerprint density at radius 1 is 1.12 bits per heavy atom. The number of carbonyl (C=O) groups excluding carboxylic acids is 1. The third kappa shape index (κ3) is 3.94. The van der Waals surface area contributed by atoms with Gasteiger partial charge in [-0.2, -0.15) is 5.10 Å². The lowest BCUT2D eigenvalue weighted by molar-refractivity contribution is -0.132. The molecule has 128 valence electrons. The van der Waals surface area contributed by atoms with E-state index >= 15 is 0 Å². The topological polar surface area (TPSA) is 32.7 Å². The van der Waals surface area contributed by atoms with Gasteiger partial charge in [0, 0.05) is 22.9 Å². The predicted octanol–water partition coefficient (Wildman–Crippen LogP) is 5.75. The van der Waals surface area contributed by atoms with Gasteiger partial charge in [0.05, 0.1) is 11.8 Å². The molecule has 1 aliphatic heterocycles. The number of nitrogens with zero attached hydrogens (tertiary/aromatic N) is 2. The summed E-state index contributed by atoms with van der Waals surface area (Å²) in [7, 11) is 0. The van der Waals surface area contributed by atoms with Crippen LogP contribution in [0, 0.1) is 0 Å². The quantitative estimate of drug-likeness (QED) is 0.672. The Labute approximate surface area is 157 Å². The molecule has 1 atom stereocenters. The number of carbonyl (C=O) groups is 1. The second-order valence-electron chi connectivity index (χ2n) is 5.78. The number of hydrogen-bond acceptors (Lipinski definition) is 2. The molecule has 25 heavy (non-hydrogen) atoms. The van der Waals surface area contributed by atoms with Crippen molar-refractivity contribution in [2.45, 2.75) is 25.8 Å². The van der Waals surface area contributed by atoms with E-state index in [9.17, 15) is 4.79 Å². The van der Waals surface area contributed by atoms with Gasteiger partial charge in [0.1, 0.15) is 0 Å². The Balaban J connectivity index is 1.88. The number of halogens is 2. The molecule has 0 saturated heterocycles. The zero-order valence-electron chi connectivity index (χ0n) is 13.8. The Hall–Kier alpha value is -2.10. The molecule has 0 aliphatic carbocycles. The van der Waals surface area contributed by atoms with Crippen LogP contribution in [0.1, 0.15) is 36.9 Å². The molecule has 0 fully saturated rings. The van der Waals surface area contributed by atoms with Crippen LogP contribution in [0.4, 0.5) is 0 Å². The third-order valence-corrected chi connectivity index (χ3v) is 4.81. The van der Waals surface area contributed by atoms with Crippen molar-refractivity contribution < 1.29 is 4.79 Å². The molecular formula is C20H18Cl2N2O. The molecule has 2 aromatic rings. The maximum Gasteiger partial charge on any atom is 0.242 e.